The molecule has 6 aromatic heterocycles. The van der Waals surface area contributed by atoms with Crippen molar-refractivity contribution >= 4 is 252 Å². The SMILES string of the molecule is C1[Cl+]C[Cl+]1.[Ag+].[Ag+].[Ag+].[Ag+].[Ag+].[Ag+].[I-].[I-].[S-2].[S-2].[S-2].[S-2].[S-2].[S-2].[S-2].[S-2].[W].[W].c1ccc(P(c2ccccc2)c2ccccn2)cc1.c1ccc(P(c2ccccc2)c2ccccn2)cc1.c1ccc(P(c2ccccc2)c2ccccn2)cc1.c1ccc(P(c2ccccc2)c2ccccn2)cc1.c1ccc(P(c2ccccc2)c2ccccn2)cc1.c1ccc(P(c2ccccc2)c2ccccn2)cc1. The molecule has 6 nitrogen and oxygen atoms in total. The zero-order valence-electron chi connectivity index (χ0n) is 71.7. The van der Waals surface area contributed by atoms with Crippen molar-refractivity contribution in [3.05, 3.63) is 510 Å². The van der Waals surface area contributed by atoms with Crippen molar-refractivity contribution in [3.8, 4) is 0 Å². The van der Waals surface area contributed by atoms with Crippen molar-refractivity contribution in [2.45, 2.75) is 0 Å². The fourth-order valence-corrected chi connectivity index (χ4v) is 26.1. The predicted octanol–water partition coefficient (Wildman–Crippen LogP) is 11.1. The van der Waals surface area contributed by atoms with Gasteiger partial charge in [0.1, 0.15) is 0 Å². The molecule has 136 heavy (non-hydrogen) atoms. The fraction of sp³-hybridized carbons (Fsp3) is 0.0192. The van der Waals surface area contributed by atoms with Crippen molar-refractivity contribution < 1.29 is 246 Å². The number of hydrogen-bond acceptors (Lipinski definition) is 6. The van der Waals surface area contributed by atoms with Crippen LogP contribution in [0.1, 0.15) is 0 Å². The van der Waals surface area contributed by atoms with Crippen LogP contribution in [0.4, 0.5) is 0 Å². The third-order valence-corrected chi connectivity index (χ3v) is 34.1. The number of alkyl halides is 4. The van der Waals surface area contributed by atoms with Gasteiger partial charge >= 0.3 is 145 Å². The van der Waals surface area contributed by atoms with Crippen LogP contribution in [0, 0.1) is 21.6 Å². The Morgan fingerprint density at radius 3 is 0.287 bits per heavy atom. The Morgan fingerprint density at radius 1 is 0.140 bits per heavy atom. The van der Waals surface area contributed by atoms with Gasteiger partial charge in [0.2, 0.25) is 0 Å². The number of hydrogen-bond donors (Lipinski definition) is 0. The van der Waals surface area contributed by atoms with E-state index in [0.717, 1.165) is 32.6 Å². The van der Waals surface area contributed by atoms with Crippen molar-refractivity contribution in [1.82, 2.24) is 29.9 Å². The molecule has 0 amide bonds. The van der Waals surface area contributed by atoms with Crippen LogP contribution in [0.2, 0.25) is 0 Å². The van der Waals surface area contributed by atoms with Crippen LogP contribution in [0.3, 0.4) is 0 Å². The largest absolute Gasteiger partial charge is 2.00 e. The van der Waals surface area contributed by atoms with E-state index in [4.69, 9.17) is 0 Å². The normalized spacial score (nSPS) is 9.57. The first-order chi connectivity index (χ1) is 58.7. The molecule has 32 heteroatoms. The molecule has 0 aliphatic carbocycles. The fourth-order valence-electron chi connectivity index (χ4n) is 12.4. The summed E-state index contributed by atoms with van der Waals surface area (Å²) in [6, 6.07) is 164. The summed E-state index contributed by atoms with van der Waals surface area (Å²) in [4.78, 5) is 27.4. The Morgan fingerprint density at radius 2 is 0.221 bits per heavy atom. The van der Waals surface area contributed by atoms with E-state index in [0.29, 0.717) is 0 Å². The summed E-state index contributed by atoms with van der Waals surface area (Å²) in [5.74, 6) is 0. The van der Waals surface area contributed by atoms with Gasteiger partial charge in [-0.2, -0.15) is 0 Å². The molecule has 1 saturated heterocycles. The van der Waals surface area contributed by atoms with Crippen LogP contribution < -0.4 is 144 Å². The molecule has 1 fully saturated rings. The number of nitrogens with zero attached hydrogens (tertiary/aromatic N) is 6. The van der Waals surface area contributed by atoms with Gasteiger partial charge in [-0.05, 0) is 136 Å². The number of benzene rings is 12. The van der Waals surface area contributed by atoms with E-state index in [2.05, 4.69) is 488 Å². The van der Waals surface area contributed by atoms with Gasteiger partial charge in [-0.3, -0.25) is 29.9 Å². The van der Waals surface area contributed by atoms with Gasteiger partial charge in [0.25, 0.3) is 21.6 Å². The van der Waals surface area contributed by atoms with Gasteiger partial charge in [0, 0.05) is 127 Å². The molecule has 728 valence electrons. The average Bonchev–Trinajstić information content (AvgIpc) is 0.850. The Kier molecular flexibility index (Phi) is 92.9. The molecule has 0 N–H and O–H groups in total. The minimum absolute atomic E-state index is 0. The Balaban J connectivity index is -0.000000360. The van der Waals surface area contributed by atoms with E-state index in [1.165, 1.54) is 74.3 Å². The van der Waals surface area contributed by atoms with Crippen LogP contribution >= 0.6 is 47.5 Å². The third kappa shape index (κ3) is 48.2. The Labute approximate surface area is 1030 Å². The van der Waals surface area contributed by atoms with Crippen LogP contribution in [-0.4, -0.2) is 40.6 Å². The van der Waals surface area contributed by atoms with Crippen molar-refractivity contribution in [3.63, 3.8) is 0 Å². The van der Waals surface area contributed by atoms with Crippen molar-refractivity contribution in [1.29, 1.82) is 0 Å². The number of aromatic nitrogens is 6. The molecule has 0 atom stereocenters. The maximum Gasteiger partial charge on any atom is 1.00 e. The quantitative estimate of drug-likeness (QED) is 0.0369. The molecule has 1 aliphatic heterocycles. The second kappa shape index (κ2) is 86.9. The van der Waals surface area contributed by atoms with E-state index in [1.54, 1.807) is 0 Å². The van der Waals surface area contributed by atoms with E-state index in [1.807, 2.05) is 73.6 Å². The van der Waals surface area contributed by atoms with Crippen LogP contribution in [0.5, 0.6) is 0 Å². The number of halogens is 4. The minimum atomic E-state index is -0.557. The molecule has 12 aromatic carbocycles. The topological polar surface area (TPSA) is 77.3 Å². The zero-order valence-corrected chi connectivity index (χ0v) is 104. The molecule has 18 aromatic rings. The molecule has 0 bridgehead atoms. The van der Waals surface area contributed by atoms with E-state index in [-0.39, 0.29) is 332 Å². The zero-order chi connectivity index (χ0) is 80.3. The molecule has 0 saturated carbocycles. The first-order valence-electron chi connectivity index (χ1n) is 38.6. The van der Waals surface area contributed by atoms with Crippen LogP contribution in [0.25, 0.3) is 0 Å². The number of rotatable bonds is 18. The summed E-state index contributed by atoms with van der Waals surface area (Å²) >= 11 is 0. The summed E-state index contributed by atoms with van der Waals surface area (Å²) in [7, 11) is 1.32. The van der Waals surface area contributed by atoms with Crippen molar-refractivity contribution in [2.75, 3.05) is 10.7 Å². The Bertz CT molecular complexity index is 4290. The van der Waals surface area contributed by atoms with Gasteiger partial charge in [0.05, 0.1) is 32.6 Å². The molecule has 19 rings (SSSR count). The van der Waals surface area contributed by atoms with Crippen LogP contribution in [0.15, 0.2) is 510 Å². The van der Waals surface area contributed by atoms with E-state index < -0.39 is 47.5 Å². The van der Waals surface area contributed by atoms with Crippen molar-refractivity contribution in [2.24, 2.45) is 0 Å². The molecule has 1 aliphatic rings. The smallest absolute Gasteiger partial charge is 1.00 e. The average molecular weight is 3200 g/mol. The maximum atomic E-state index is 4.56. The second-order valence-corrected chi connectivity index (χ2v) is 41.1. The van der Waals surface area contributed by atoms with Gasteiger partial charge < -0.3 is 156 Å². The molecular formula is C104H88Ag6Cl2I2N6P6S8W2-10. The predicted molar refractivity (Wildman–Crippen MR) is 566 cm³/mol. The summed E-state index contributed by atoms with van der Waals surface area (Å²) in [5, 5.41) is 18.5. The maximum absolute atomic E-state index is 4.56. The molecule has 0 radical (unpaired) electrons. The summed E-state index contributed by atoms with van der Waals surface area (Å²) in [6.07, 6.45) is 11.2. The van der Waals surface area contributed by atoms with E-state index >= 15 is 0 Å². The number of pyridine rings is 6. The molecule has 7 heterocycles. The monoisotopic (exact) mass is 3200 g/mol. The molecule has 0 unspecified atom stereocenters. The first kappa shape index (κ1) is 145. The molecular weight excluding hydrogens is 3120 g/mol. The van der Waals surface area contributed by atoms with Gasteiger partial charge in [-0.1, -0.05) is 400 Å². The Hall–Kier alpha value is -1.22. The third-order valence-electron chi connectivity index (χ3n) is 17.7. The van der Waals surface area contributed by atoms with E-state index in [9.17, 15) is 0 Å². The summed E-state index contributed by atoms with van der Waals surface area (Å²) in [6.45, 7) is 0. The summed E-state index contributed by atoms with van der Waals surface area (Å²) in [5.41, 5.74) is 6.89. The van der Waals surface area contributed by atoms with Gasteiger partial charge in [-0.15, -0.1) is 0 Å². The van der Waals surface area contributed by atoms with Gasteiger partial charge in [0.15, 0.2) is 0 Å². The molecule has 0 spiro atoms. The van der Waals surface area contributed by atoms with Crippen LogP contribution in [-0.2, 0) is 284 Å². The summed E-state index contributed by atoms with van der Waals surface area (Å²) < 4.78 is 0. The van der Waals surface area contributed by atoms with Gasteiger partial charge in [-0.25, -0.2) is 0 Å². The second-order valence-electron chi connectivity index (χ2n) is 25.7. The first-order valence-corrected chi connectivity index (χ1v) is 48.8. The minimum Gasteiger partial charge on any atom is -2.00 e. The standard InChI is InChI=1S/6C17H14NP.C2H4Cl2.6Ag.2HI.8S.2W/c6*1-3-9-15(10-4-1)19(16-11-5-2-6-12-16)17-13-7-8-14-18-17;1-3-2-4-1;;;;;;;;;;;;;;;;;;/h6*1-14H;1-2H2;;;;;;;2*1H;;;;;;;;;;/q;;;;;;+2;6*+1;;;8*-2;;/p-2.